The van der Waals surface area contributed by atoms with Gasteiger partial charge in [-0.1, -0.05) is 19.9 Å². The number of carbonyl (C=O) groups excluding carboxylic acids is 1. The molecule has 0 aromatic carbocycles. The van der Waals surface area contributed by atoms with Gasteiger partial charge >= 0.3 is 0 Å². The molecule has 1 unspecified atom stereocenters. The molecule has 8 nitrogen and oxygen atoms in total. The summed E-state index contributed by atoms with van der Waals surface area (Å²) in [5, 5.41) is 11.3. The maximum Gasteiger partial charge on any atom is 0.197 e. The van der Waals surface area contributed by atoms with Gasteiger partial charge in [0.25, 0.3) is 0 Å². The summed E-state index contributed by atoms with van der Waals surface area (Å²) < 4.78 is 8.05. The van der Waals surface area contributed by atoms with Gasteiger partial charge in [0.1, 0.15) is 11.4 Å². The van der Waals surface area contributed by atoms with Gasteiger partial charge in [0.2, 0.25) is 0 Å². The Bertz CT molecular complexity index is 1110. The molecule has 0 spiro atoms. The van der Waals surface area contributed by atoms with Crippen molar-refractivity contribution >= 4 is 28.7 Å². The van der Waals surface area contributed by atoms with E-state index in [9.17, 15) is 4.79 Å². The van der Waals surface area contributed by atoms with Crippen LogP contribution in [0.2, 0.25) is 0 Å². The van der Waals surface area contributed by atoms with Gasteiger partial charge in [0.15, 0.2) is 22.5 Å². The number of amidine groups is 1. The van der Waals surface area contributed by atoms with Crippen LogP contribution in [0.3, 0.4) is 0 Å². The molecular weight excluding hydrogens is 412 g/mol. The number of rotatable bonds is 5. The van der Waals surface area contributed by atoms with Crippen LogP contribution in [0.1, 0.15) is 61.0 Å². The lowest BCUT2D eigenvalue weighted by Gasteiger charge is -2.50. The third-order valence-corrected chi connectivity index (χ3v) is 7.30. The Labute approximate surface area is 185 Å². The number of aromatic nitrogens is 4. The lowest BCUT2D eigenvalue weighted by atomic mass is 9.89. The smallest absolute Gasteiger partial charge is 0.197 e. The molecule has 31 heavy (non-hydrogen) atoms. The Morgan fingerprint density at radius 1 is 1.32 bits per heavy atom. The van der Waals surface area contributed by atoms with E-state index < -0.39 is 5.54 Å². The van der Waals surface area contributed by atoms with Crippen molar-refractivity contribution in [3.8, 4) is 0 Å². The average Bonchev–Trinajstić information content (AvgIpc) is 3.42. The molecule has 0 N–H and O–H groups in total. The van der Waals surface area contributed by atoms with Gasteiger partial charge in [-0.05, 0) is 31.8 Å². The van der Waals surface area contributed by atoms with E-state index >= 15 is 0 Å². The number of aryl methyl sites for hydroxylation is 1. The number of fused-ring (bicyclic) bond motifs is 6. The fourth-order valence-corrected chi connectivity index (χ4v) is 5.35. The summed E-state index contributed by atoms with van der Waals surface area (Å²) in [7, 11) is 0. The minimum atomic E-state index is -0.406. The SMILES string of the molecule is CCC1=C(CC(=O)c2nccs2)N=C2C(=CC1)n1c(C)nnc1C1(CC)COCCN21. The number of morpholine rings is 1. The first kappa shape index (κ1) is 20.3. The number of hydrogen-bond donors (Lipinski definition) is 0. The van der Waals surface area contributed by atoms with E-state index in [1.165, 1.54) is 16.9 Å². The average molecular weight is 439 g/mol. The zero-order chi connectivity index (χ0) is 21.6. The maximum absolute atomic E-state index is 12.9. The summed E-state index contributed by atoms with van der Waals surface area (Å²) in [6.07, 6.45) is 6.57. The van der Waals surface area contributed by atoms with Gasteiger partial charge in [-0.15, -0.1) is 21.5 Å². The molecule has 0 saturated carbocycles. The predicted molar refractivity (Wildman–Crippen MR) is 119 cm³/mol. The van der Waals surface area contributed by atoms with Crippen molar-refractivity contribution in [2.45, 2.75) is 52.0 Å². The molecule has 1 saturated heterocycles. The van der Waals surface area contributed by atoms with Crippen molar-refractivity contribution in [2.75, 3.05) is 19.8 Å². The second-order valence-corrected chi connectivity index (χ2v) is 8.96. The van der Waals surface area contributed by atoms with E-state index in [0.717, 1.165) is 54.7 Å². The Hall–Kier alpha value is -2.65. The van der Waals surface area contributed by atoms with Gasteiger partial charge in [0.05, 0.1) is 31.0 Å². The van der Waals surface area contributed by atoms with Crippen LogP contribution in [0, 0.1) is 6.92 Å². The Morgan fingerprint density at radius 3 is 2.94 bits per heavy atom. The third kappa shape index (κ3) is 3.10. The van der Waals surface area contributed by atoms with Gasteiger partial charge in [-0.2, -0.15) is 0 Å². The van der Waals surface area contributed by atoms with E-state index in [1.54, 1.807) is 6.20 Å². The summed E-state index contributed by atoms with van der Waals surface area (Å²) in [5.74, 6) is 2.67. The topological polar surface area (TPSA) is 85.5 Å². The highest BCUT2D eigenvalue weighted by Crippen LogP contribution is 2.43. The Morgan fingerprint density at radius 2 is 2.19 bits per heavy atom. The van der Waals surface area contributed by atoms with Crippen LogP contribution in [-0.4, -0.2) is 56.0 Å². The molecule has 0 radical (unpaired) electrons. The molecule has 1 fully saturated rings. The second kappa shape index (κ2) is 7.80. The summed E-state index contributed by atoms with van der Waals surface area (Å²) in [4.78, 5) is 24.6. The summed E-state index contributed by atoms with van der Waals surface area (Å²) in [5.41, 5.74) is 2.64. The first-order chi connectivity index (χ1) is 15.1. The number of ether oxygens (including phenoxy) is 1. The largest absolute Gasteiger partial charge is 0.377 e. The van der Waals surface area contributed by atoms with Crippen LogP contribution < -0.4 is 0 Å². The van der Waals surface area contributed by atoms with E-state index in [1.807, 2.05) is 12.3 Å². The van der Waals surface area contributed by atoms with Gasteiger partial charge in [-0.3, -0.25) is 9.36 Å². The third-order valence-electron chi connectivity index (χ3n) is 6.48. The van der Waals surface area contributed by atoms with Crippen molar-refractivity contribution in [1.29, 1.82) is 0 Å². The second-order valence-electron chi connectivity index (χ2n) is 8.07. The van der Waals surface area contributed by atoms with Crippen molar-refractivity contribution < 1.29 is 9.53 Å². The van der Waals surface area contributed by atoms with E-state index in [4.69, 9.17) is 9.73 Å². The number of aliphatic imine (C=N–C) groups is 1. The van der Waals surface area contributed by atoms with Crippen molar-refractivity contribution in [3.05, 3.63) is 45.6 Å². The number of allylic oxidation sites excluding steroid dienone is 3. The summed E-state index contributed by atoms with van der Waals surface area (Å²) in [6.45, 7) is 8.17. The van der Waals surface area contributed by atoms with E-state index in [-0.39, 0.29) is 12.2 Å². The molecule has 2 aromatic heterocycles. The Kier molecular flexibility index (Phi) is 5.10. The zero-order valence-electron chi connectivity index (χ0n) is 18.1. The first-order valence-corrected chi connectivity index (χ1v) is 11.7. The van der Waals surface area contributed by atoms with Gasteiger partial charge in [0, 0.05) is 18.1 Å². The molecule has 3 aliphatic rings. The molecule has 2 aromatic rings. The predicted octanol–water partition coefficient (Wildman–Crippen LogP) is 3.57. The molecule has 0 aliphatic carbocycles. The van der Waals surface area contributed by atoms with Crippen molar-refractivity contribution in [3.63, 3.8) is 0 Å². The molecule has 162 valence electrons. The molecule has 9 heteroatoms. The van der Waals surface area contributed by atoms with E-state index in [2.05, 4.69) is 44.6 Å². The molecule has 3 aliphatic heterocycles. The summed E-state index contributed by atoms with van der Waals surface area (Å²) >= 11 is 1.38. The number of Topliss-reactive ketones (excluding diaryl/α,β-unsaturated/α-hetero) is 1. The lowest BCUT2D eigenvalue weighted by Crippen LogP contribution is -2.61. The quantitative estimate of drug-likeness (QED) is 0.664. The highest BCUT2D eigenvalue weighted by molar-refractivity contribution is 7.11. The Balaban J connectivity index is 1.65. The normalized spacial score (nSPS) is 22.9. The number of hydrogen-bond acceptors (Lipinski definition) is 8. The first-order valence-electron chi connectivity index (χ1n) is 10.8. The van der Waals surface area contributed by atoms with E-state index in [0.29, 0.717) is 18.2 Å². The minimum absolute atomic E-state index is 0.0180. The van der Waals surface area contributed by atoms with Crippen LogP contribution in [-0.2, 0) is 10.3 Å². The molecule has 5 rings (SSSR count). The van der Waals surface area contributed by atoms with Crippen LogP contribution in [0.15, 0.2) is 33.9 Å². The highest BCUT2D eigenvalue weighted by atomic mass is 32.1. The maximum atomic E-state index is 12.9. The van der Waals surface area contributed by atoms with Crippen LogP contribution in [0.5, 0.6) is 0 Å². The lowest BCUT2D eigenvalue weighted by molar-refractivity contribution is -0.0461. The number of carbonyl (C=O) groups is 1. The number of ketones is 1. The molecule has 5 heterocycles. The van der Waals surface area contributed by atoms with Crippen LogP contribution in [0.25, 0.3) is 5.70 Å². The molecule has 0 bridgehead atoms. The standard InChI is InChI=1S/C22H26N6O2S/c1-4-15-6-7-17-19(24-16(15)12-18(29)20-23-8-11-31-20)27-9-10-30-13-22(27,5-2)21-26-25-14(3)28(17)21/h7-8,11H,4-6,9-10,12-13H2,1-3H3. The number of nitrogens with zero attached hydrogens (tertiary/aromatic N) is 6. The van der Waals surface area contributed by atoms with Gasteiger partial charge < -0.3 is 9.64 Å². The molecule has 0 amide bonds. The monoisotopic (exact) mass is 438 g/mol. The van der Waals surface area contributed by atoms with Crippen molar-refractivity contribution in [2.24, 2.45) is 4.99 Å². The summed E-state index contributed by atoms with van der Waals surface area (Å²) in [6, 6.07) is 0. The molecule has 1 atom stereocenters. The van der Waals surface area contributed by atoms with Gasteiger partial charge in [-0.25, -0.2) is 9.98 Å². The highest BCUT2D eigenvalue weighted by Gasteiger charge is 2.50. The zero-order valence-corrected chi connectivity index (χ0v) is 18.9. The fourth-order valence-electron chi connectivity index (χ4n) is 4.77. The van der Waals surface area contributed by atoms with Crippen molar-refractivity contribution in [1.82, 2.24) is 24.6 Å². The fraction of sp³-hybridized carbons (Fsp3) is 0.500. The van der Waals surface area contributed by atoms with Crippen LogP contribution >= 0.6 is 11.3 Å². The minimum Gasteiger partial charge on any atom is -0.377 e. The van der Waals surface area contributed by atoms with Crippen LogP contribution in [0.4, 0.5) is 0 Å². The molecular formula is C22H26N6O2S. The number of thiazole rings is 1.